The lowest BCUT2D eigenvalue weighted by molar-refractivity contribution is 0.126. The molecule has 0 aliphatic carbocycles. The zero-order valence-corrected chi connectivity index (χ0v) is 15.2. The lowest BCUT2D eigenvalue weighted by atomic mass is 10.0. The Balaban J connectivity index is 2.05. The standard InChI is InChI=1S/C17H21F2N3O3S/c1-3-11(2)16(23)10-21-17-7-5-13(9-20-17)26(24,25)22-12-4-6-14(18)15(19)8-12/h4-9,11,16,22-23H,3,10H2,1-2H3,(H,20,21). The van der Waals surface area contributed by atoms with Crippen LogP contribution in [0.5, 0.6) is 0 Å². The zero-order valence-electron chi connectivity index (χ0n) is 14.4. The smallest absolute Gasteiger partial charge is 0.263 e. The maximum Gasteiger partial charge on any atom is 0.263 e. The number of anilines is 2. The fraction of sp³-hybridized carbons (Fsp3) is 0.353. The lowest BCUT2D eigenvalue weighted by Gasteiger charge is -2.17. The number of sulfonamides is 1. The molecule has 0 saturated carbocycles. The second-order valence-corrected chi connectivity index (χ2v) is 7.63. The number of halogens is 2. The van der Waals surface area contributed by atoms with Gasteiger partial charge in [0.05, 0.1) is 11.8 Å². The van der Waals surface area contributed by atoms with Crippen LogP contribution >= 0.6 is 0 Å². The van der Waals surface area contributed by atoms with Crippen LogP contribution in [-0.2, 0) is 10.0 Å². The Kier molecular flexibility index (Phi) is 6.49. The number of hydrogen-bond acceptors (Lipinski definition) is 5. The molecule has 2 aromatic rings. The Bertz CT molecular complexity index is 845. The summed E-state index contributed by atoms with van der Waals surface area (Å²) in [6.07, 6.45) is 1.43. The van der Waals surface area contributed by atoms with Gasteiger partial charge in [-0.1, -0.05) is 20.3 Å². The highest BCUT2D eigenvalue weighted by molar-refractivity contribution is 7.92. The molecule has 2 unspecified atom stereocenters. The van der Waals surface area contributed by atoms with Crippen molar-refractivity contribution in [3.05, 3.63) is 48.2 Å². The van der Waals surface area contributed by atoms with E-state index in [1.165, 1.54) is 12.1 Å². The summed E-state index contributed by atoms with van der Waals surface area (Å²) in [4.78, 5) is 3.87. The highest BCUT2D eigenvalue weighted by atomic mass is 32.2. The zero-order chi connectivity index (χ0) is 19.3. The van der Waals surface area contributed by atoms with E-state index in [9.17, 15) is 22.3 Å². The van der Waals surface area contributed by atoms with Gasteiger partial charge in [-0.3, -0.25) is 4.72 Å². The first-order valence-corrected chi connectivity index (χ1v) is 9.57. The van der Waals surface area contributed by atoms with Gasteiger partial charge in [0.1, 0.15) is 10.7 Å². The molecule has 26 heavy (non-hydrogen) atoms. The average Bonchev–Trinajstić information content (AvgIpc) is 2.62. The Morgan fingerprint density at radius 1 is 1.19 bits per heavy atom. The topological polar surface area (TPSA) is 91.3 Å². The molecule has 1 aromatic carbocycles. The Hall–Kier alpha value is -2.26. The number of benzene rings is 1. The van der Waals surface area contributed by atoms with Gasteiger partial charge in [0.2, 0.25) is 0 Å². The van der Waals surface area contributed by atoms with Crippen molar-refractivity contribution in [3.63, 3.8) is 0 Å². The van der Waals surface area contributed by atoms with Crippen molar-refractivity contribution in [2.45, 2.75) is 31.3 Å². The number of rotatable bonds is 8. The Labute approximate surface area is 151 Å². The van der Waals surface area contributed by atoms with Crippen molar-refractivity contribution >= 4 is 21.5 Å². The molecule has 6 nitrogen and oxygen atoms in total. The quantitative estimate of drug-likeness (QED) is 0.650. The molecular weight excluding hydrogens is 364 g/mol. The number of aliphatic hydroxyl groups excluding tert-OH is 1. The molecule has 9 heteroatoms. The summed E-state index contributed by atoms with van der Waals surface area (Å²) in [6.45, 7) is 4.20. The molecule has 0 radical (unpaired) electrons. The van der Waals surface area contributed by atoms with Crippen molar-refractivity contribution in [2.75, 3.05) is 16.6 Å². The van der Waals surface area contributed by atoms with Gasteiger partial charge in [-0.05, 0) is 30.2 Å². The van der Waals surface area contributed by atoms with Gasteiger partial charge < -0.3 is 10.4 Å². The molecule has 0 aliphatic heterocycles. The first-order valence-electron chi connectivity index (χ1n) is 8.08. The van der Waals surface area contributed by atoms with Crippen LogP contribution in [0.25, 0.3) is 0 Å². The molecule has 3 N–H and O–H groups in total. The van der Waals surface area contributed by atoms with E-state index in [2.05, 4.69) is 15.0 Å². The summed E-state index contributed by atoms with van der Waals surface area (Å²) in [5.41, 5.74) is -0.0947. The summed E-state index contributed by atoms with van der Waals surface area (Å²) in [7, 11) is -3.99. The largest absolute Gasteiger partial charge is 0.391 e. The van der Waals surface area contributed by atoms with E-state index < -0.39 is 27.8 Å². The van der Waals surface area contributed by atoms with Crippen molar-refractivity contribution < 1.29 is 22.3 Å². The molecule has 0 bridgehead atoms. The molecule has 142 valence electrons. The summed E-state index contributed by atoms with van der Waals surface area (Å²) < 4.78 is 52.8. The fourth-order valence-electron chi connectivity index (χ4n) is 2.10. The van der Waals surface area contributed by atoms with Gasteiger partial charge in [0.15, 0.2) is 11.6 Å². The van der Waals surface area contributed by atoms with Crippen molar-refractivity contribution in [2.24, 2.45) is 5.92 Å². The summed E-state index contributed by atoms with van der Waals surface area (Å²) in [6, 6.07) is 5.50. The molecular formula is C17H21F2N3O3S. The first kappa shape index (κ1) is 20.1. The fourth-order valence-corrected chi connectivity index (χ4v) is 3.09. The molecule has 0 aliphatic rings. The number of nitrogens with one attached hydrogen (secondary N) is 2. The third kappa shape index (κ3) is 5.12. The van der Waals surface area contributed by atoms with Crippen LogP contribution in [0, 0.1) is 17.6 Å². The number of pyridine rings is 1. The Morgan fingerprint density at radius 2 is 1.92 bits per heavy atom. The molecule has 0 saturated heterocycles. The Morgan fingerprint density at radius 3 is 2.50 bits per heavy atom. The maximum atomic E-state index is 13.2. The van der Waals surface area contributed by atoms with Crippen LogP contribution in [-0.4, -0.2) is 31.2 Å². The van der Waals surface area contributed by atoms with Crippen LogP contribution in [0.3, 0.4) is 0 Å². The van der Waals surface area contributed by atoms with Gasteiger partial charge >= 0.3 is 0 Å². The van der Waals surface area contributed by atoms with Gasteiger partial charge in [-0.2, -0.15) is 0 Å². The van der Waals surface area contributed by atoms with Crippen molar-refractivity contribution in [1.82, 2.24) is 4.98 Å². The highest BCUT2D eigenvalue weighted by Crippen LogP contribution is 2.19. The second-order valence-electron chi connectivity index (χ2n) is 5.95. The predicted molar refractivity (Wildman–Crippen MR) is 95.4 cm³/mol. The third-order valence-electron chi connectivity index (χ3n) is 4.01. The normalized spacial score (nSPS) is 13.9. The number of aliphatic hydroxyl groups is 1. The first-order chi connectivity index (χ1) is 12.2. The molecule has 0 fully saturated rings. The van der Waals surface area contributed by atoms with E-state index in [1.807, 2.05) is 13.8 Å². The number of nitrogens with zero attached hydrogens (tertiary/aromatic N) is 1. The predicted octanol–water partition coefficient (Wildman–Crippen LogP) is 2.98. The molecule has 0 amide bonds. The molecule has 2 atom stereocenters. The van der Waals surface area contributed by atoms with Gasteiger partial charge in [-0.25, -0.2) is 22.2 Å². The van der Waals surface area contributed by atoms with E-state index in [-0.39, 0.29) is 16.5 Å². The second kappa shape index (κ2) is 8.41. The summed E-state index contributed by atoms with van der Waals surface area (Å²) in [5, 5.41) is 12.8. The van der Waals surface area contributed by atoms with Crippen LogP contribution in [0.2, 0.25) is 0 Å². The highest BCUT2D eigenvalue weighted by Gasteiger charge is 2.16. The lowest BCUT2D eigenvalue weighted by Crippen LogP contribution is -2.26. The number of hydrogen-bond donors (Lipinski definition) is 3. The maximum absolute atomic E-state index is 13.2. The molecule has 2 rings (SSSR count). The van der Waals surface area contributed by atoms with E-state index in [1.54, 1.807) is 0 Å². The van der Waals surface area contributed by atoms with Gasteiger partial charge in [-0.15, -0.1) is 0 Å². The minimum absolute atomic E-state index is 0.0947. The van der Waals surface area contributed by atoms with E-state index in [0.717, 1.165) is 30.8 Å². The number of aromatic nitrogens is 1. The minimum atomic E-state index is -3.99. The van der Waals surface area contributed by atoms with Crippen molar-refractivity contribution in [1.29, 1.82) is 0 Å². The summed E-state index contributed by atoms with van der Waals surface area (Å²) >= 11 is 0. The minimum Gasteiger partial charge on any atom is -0.391 e. The molecule has 1 heterocycles. The molecule has 0 spiro atoms. The van der Waals surface area contributed by atoms with Gasteiger partial charge in [0, 0.05) is 18.8 Å². The van der Waals surface area contributed by atoms with E-state index in [0.29, 0.717) is 12.4 Å². The van der Waals surface area contributed by atoms with Crippen LogP contribution in [0.4, 0.5) is 20.3 Å². The average molecular weight is 385 g/mol. The monoisotopic (exact) mass is 385 g/mol. The van der Waals surface area contributed by atoms with Crippen LogP contribution < -0.4 is 10.0 Å². The third-order valence-corrected chi connectivity index (χ3v) is 5.38. The van der Waals surface area contributed by atoms with E-state index >= 15 is 0 Å². The van der Waals surface area contributed by atoms with Gasteiger partial charge in [0.25, 0.3) is 10.0 Å². The molecule has 1 aromatic heterocycles. The summed E-state index contributed by atoms with van der Waals surface area (Å²) in [5.74, 6) is -1.67. The SMILES string of the molecule is CCC(C)C(O)CNc1ccc(S(=O)(=O)Nc2ccc(F)c(F)c2)cn1. The van der Waals surface area contributed by atoms with Crippen LogP contribution in [0.1, 0.15) is 20.3 Å². The van der Waals surface area contributed by atoms with Crippen LogP contribution in [0.15, 0.2) is 41.4 Å². The van der Waals surface area contributed by atoms with Crippen molar-refractivity contribution in [3.8, 4) is 0 Å². The van der Waals surface area contributed by atoms with E-state index in [4.69, 9.17) is 0 Å².